The van der Waals surface area contributed by atoms with Crippen molar-refractivity contribution in [3.63, 3.8) is 0 Å². The van der Waals surface area contributed by atoms with Crippen LogP contribution in [0.25, 0.3) is 0 Å². The molecule has 0 radical (unpaired) electrons. The largest absolute Gasteiger partial charge is 0.497 e. The molecule has 3 N–H and O–H groups in total. The van der Waals surface area contributed by atoms with Crippen molar-refractivity contribution in [1.29, 1.82) is 0 Å². The Labute approximate surface area is 129 Å². The van der Waals surface area contributed by atoms with E-state index in [0.717, 1.165) is 17.0 Å². The van der Waals surface area contributed by atoms with Gasteiger partial charge in [0.05, 0.1) is 13.7 Å². The summed E-state index contributed by atoms with van der Waals surface area (Å²) in [5.74, 6) is 1.16. The molecule has 0 atom stereocenters. The zero-order chi connectivity index (χ0) is 15.1. The Balaban J connectivity index is 1.96. The van der Waals surface area contributed by atoms with E-state index in [9.17, 15) is 0 Å². The minimum absolute atomic E-state index is 0.386. The van der Waals surface area contributed by atoms with E-state index >= 15 is 0 Å². The number of methoxy groups -OCH3 is 1. The molecule has 5 heteroatoms. The summed E-state index contributed by atoms with van der Waals surface area (Å²) in [6.07, 6.45) is 2.06. The second kappa shape index (κ2) is 7.59. The van der Waals surface area contributed by atoms with Crippen LogP contribution in [-0.2, 0) is 6.54 Å². The van der Waals surface area contributed by atoms with Crippen LogP contribution in [0.5, 0.6) is 5.75 Å². The first kappa shape index (κ1) is 15.3. The molecule has 2 aromatic carbocycles. The molecule has 0 saturated carbocycles. The average Bonchev–Trinajstić information content (AvgIpc) is 2.53. The van der Waals surface area contributed by atoms with Crippen molar-refractivity contribution in [2.24, 2.45) is 10.7 Å². The minimum Gasteiger partial charge on any atom is -0.497 e. The monoisotopic (exact) mass is 301 g/mol. The Bertz CT molecular complexity index is 611. The Morgan fingerprint density at radius 2 is 2.00 bits per heavy atom. The summed E-state index contributed by atoms with van der Waals surface area (Å²) < 4.78 is 5.16. The molecule has 0 saturated heterocycles. The molecule has 2 aromatic rings. The number of ether oxygens (including phenoxy) is 1. The molecule has 4 nitrogen and oxygen atoms in total. The van der Waals surface area contributed by atoms with Crippen LogP contribution >= 0.6 is 11.8 Å². The molecule has 0 unspecified atom stereocenters. The van der Waals surface area contributed by atoms with Crippen molar-refractivity contribution < 1.29 is 4.74 Å². The van der Waals surface area contributed by atoms with E-state index in [4.69, 9.17) is 10.5 Å². The Morgan fingerprint density at radius 3 is 2.67 bits per heavy atom. The van der Waals surface area contributed by atoms with Gasteiger partial charge in [-0.1, -0.05) is 18.2 Å². The van der Waals surface area contributed by atoms with Gasteiger partial charge in [-0.05, 0) is 36.1 Å². The highest BCUT2D eigenvalue weighted by atomic mass is 32.2. The standard InChI is InChI=1S/C16H19N3OS/c1-20-14-5-3-4-13(10-14)19-16(17)18-11-12-6-8-15(21-2)9-7-12/h3-10H,11H2,1-2H3,(H3,17,18,19). The summed E-state index contributed by atoms with van der Waals surface area (Å²) in [7, 11) is 1.63. The summed E-state index contributed by atoms with van der Waals surface area (Å²) in [5.41, 5.74) is 7.88. The third kappa shape index (κ3) is 4.72. The lowest BCUT2D eigenvalue weighted by atomic mass is 10.2. The van der Waals surface area contributed by atoms with Crippen molar-refractivity contribution in [1.82, 2.24) is 0 Å². The molecule has 110 valence electrons. The molecule has 0 bridgehead atoms. The zero-order valence-corrected chi connectivity index (χ0v) is 13.0. The normalized spacial score (nSPS) is 11.2. The molecular weight excluding hydrogens is 282 g/mol. The SMILES string of the molecule is COc1cccc(NC(N)=NCc2ccc(SC)cc2)c1. The zero-order valence-electron chi connectivity index (χ0n) is 12.2. The van der Waals surface area contributed by atoms with Gasteiger partial charge in [0.1, 0.15) is 5.75 Å². The van der Waals surface area contributed by atoms with Gasteiger partial charge in [0, 0.05) is 16.6 Å². The van der Waals surface area contributed by atoms with E-state index in [1.807, 2.05) is 24.3 Å². The van der Waals surface area contributed by atoms with Gasteiger partial charge in [-0.3, -0.25) is 0 Å². The topological polar surface area (TPSA) is 59.6 Å². The van der Waals surface area contributed by atoms with E-state index in [1.54, 1.807) is 18.9 Å². The number of hydrogen-bond acceptors (Lipinski definition) is 3. The van der Waals surface area contributed by atoms with Crippen LogP contribution in [0.3, 0.4) is 0 Å². The number of nitrogens with two attached hydrogens (primary N) is 1. The molecule has 0 amide bonds. The van der Waals surface area contributed by atoms with Crippen LogP contribution in [-0.4, -0.2) is 19.3 Å². The third-order valence-electron chi connectivity index (χ3n) is 2.93. The van der Waals surface area contributed by atoms with Crippen molar-refractivity contribution in [3.8, 4) is 5.75 Å². The molecule has 0 fully saturated rings. The van der Waals surface area contributed by atoms with Crippen LogP contribution in [0.2, 0.25) is 0 Å². The molecule has 0 heterocycles. The van der Waals surface area contributed by atoms with Gasteiger partial charge >= 0.3 is 0 Å². The number of nitrogens with zero attached hydrogens (tertiary/aromatic N) is 1. The number of hydrogen-bond donors (Lipinski definition) is 2. The van der Waals surface area contributed by atoms with Crippen LogP contribution in [0.15, 0.2) is 58.4 Å². The predicted octanol–water partition coefficient (Wildman–Crippen LogP) is 3.34. The Morgan fingerprint density at radius 1 is 1.24 bits per heavy atom. The molecule has 21 heavy (non-hydrogen) atoms. The van der Waals surface area contributed by atoms with Crippen molar-refractivity contribution in [2.75, 3.05) is 18.7 Å². The van der Waals surface area contributed by atoms with Crippen molar-refractivity contribution in [3.05, 3.63) is 54.1 Å². The molecule has 0 spiro atoms. The van der Waals surface area contributed by atoms with E-state index in [1.165, 1.54) is 4.90 Å². The maximum atomic E-state index is 5.90. The van der Waals surface area contributed by atoms with Crippen LogP contribution in [0, 0.1) is 0 Å². The number of rotatable bonds is 5. The fourth-order valence-electron chi connectivity index (χ4n) is 1.80. The molecule has 2 rings (SSSR count). The lowest BCUT2D eigenvalue weighted by Gasteiger charge is -2.07. The number of aliphatic imine (C=N–C) groups is 1. The number of guanidine groups is 1. The van der Waals surface area contributed by atoms with E-state index in [0.29, 0.717) is 12.5 Å². The van der Waals surface area contributed by atoms with E-state index < -0.39 is 0 Å². The average molecular weight is 301 g/mol. The third-order valence-corrected chi connectivity index (χ3v) is 3.68. The van der Waals surface area contributed by atoms with Crippen LogP contribution in [0.1, 0.15) is 5.56 Å². The van der Waals surface area contributed by atoms with Gasteiger partial charge in [-0.15, -0.1) is 11.8 Å². The van der Waals surface area contributed by atoms with Crippen LogP contribution < -0.4 is 15.8 Å². The lowest BCUT2D eigenvalue weighted by molar-refractivity contribution is 0.415. The molecule has 0 aliphatic heterocycles. The van der Waals surface area contributed by atoms with Gasteiger partial charge in [-0.2, -0.15) is 0 Å². The highest BCUT2D eigenvalue weighted by Gasteiger charge is 1.98. The summed E-state index contributed by atoms with van der Waals surface area (Å²) >= 11 is 1.72. The van der Waals surface area contributed by atoms with Gasteiger partial charge in [0.2, 0.25) is 0 Å². The maximum absolute atomic E-state index is 5.90. The minimum atomic E-state index is 0.386. The molecule has 0 aliphatic carbocycles. The van der Waals surface area contributed by atoms with Gasteiger partial charge in [-0.25, -0.2) is 4.99 Å². The highest BCUT2D eigenvalue weighted by Crippen LogP contribution is 2.17. The summed E-state index contributed by atoms with van der Waals surface area (Å²) in [6, 6.07) is 15.9. The van der Waals surface area contributed by atoms with Gasteiger partial charge in [0.25, 0.3) is 0 Å². The van der Waals surface area contributed by atoms with E-state index in [-0.39, 0.29) is 0 Å². The number of anilines is 1. The summed E-state index contributed by atoms with van der Waals surface area (Å²) in [6.45, 7) is 0.553. The van der Waals surface area contributed by atoms with Crippen molar-refractivity contribution >= 4 is 23.4 Å². The van der Waals surface area contributed by atoms with Gasteiger partial charge in [0.15, 0.2) is 5.96 Å². The fourth-order valence-corrected chi connectivity index (χ4v) is 2.20. The Kier molecular flexibility index (Phi) is 5.51. The first-order valence-corrected chi connectivity index (χ1v) is 7.77. The van der Waals surface area contributed by atoms with Gasteiger partial charge < -0.3 is 15.8 Å². The number of thioether (sulfide) groups is 1. The maximum Gasteiger partial charge on any atom is 0.193 e. The molecular formula is C16H19N3OS. The first-order valence-electron chi connectivity index (χ1n) is 6.55. The second-order valence-electron chi connectivity index (χ2n) is 4.41. The van der Waals surface area contributed by atoms with Crippen LogP contribution in [0.4, 0.5) is 5.69 Å². The van der Waals surface area contributed by atoms with E-state index in [2.05, 4.69) is 40.8 Å². The van der Waals surface area contributed by atoms with Crippen molar-refractivity contribution in [2.45, 2.75) is 11.4 Å². The summed E-state index contributed by atoms with van der Waals surface area (Å²) in [4.78, 5) is 5.58. The molecule has 0 aliphatic rings. The quantitative estimate of drug-likeness (QED) is 0.505. The fraction of sp³-hybridized carbons (Fsp3) is 0.188. The first-order chi connectivity index (χ1) is 10.2. The predicted molar refractivity (Wildman–Crippen MR) is 90.2 cm³/mol. The number of benzene rings is 2. The number of nitrogens with one attached hydrogen (secondary N) is 1. The highest BCUT2D eigenvalue weighted by molar-refractivity contribution is 7.98. The Hall–Kier alpha value is -2.14. The molecule has 0 aromatic heterocycles. The smallest absolute Gasteiger partial charge is 0.193 e. The summed E-state index contributed by atoms with van der Waals surface area (Å²) in [5, 5.41) is 3.05. The second-order valence-corrected chi connectivity index (χ2v) is 5.29. The lowest BCUT2D eigenvalue weighted by Crippen LogP contribution is -2.22.